The van der Waals surface area contributed by atoms with Crippen LogP contribution in [-0.4, -0.2) is 24.9 Å². The maximum atomic E-state index is 2.98. The molecule has 1 heterocycles. The molecule has 0 saturated heterocycles. The maximum Gasteiger partial charge on any atom is 0.334 e. The summed E-state index contributed by atoms with van der Waals surface area (Å²) in [5.41, 5.74) is 0. The van der Waals surface area contributed by atoms with Gasteiger partial charge in [-0.3, -0.25) is 0 Å². The highest BCUT2D eigenvalue weighted by Gasteiger charge is 2.15. The SMILES string of the molecule is C[N+]1(C)C=C[NH+]=C1.Cl. The molecule has 0 radical (unpaired) electrons. The number of halogens is 1. The van der Waals surface area contributed by atoms with Gasteiger partial charge in [-0.05, 0) is 0 Å². The molecule has 0 aromatic carbocycles. The lowest BCUT2D eigenvalue weighted by Gasteiger charge is -2.07. The minimum absolute atomic E-state index is 0. The highest BCUT2D eigenvalue weighted by atomic mass is 35.5. The van der Waals surface area contributed by atoms with Gasteiger partial charge < -0.3 is 0 Å². The molecule has 0 aromatic heterocycles. The van der Waals surface area contributed by atoms with E-state index < -0.39 is 0 Å². The van der Waals surface area contributed by atoms with Crippen molar-refractivity contribution < 1.29 is 9.48 Å². The van der Waals surface area contributed by atoms with Gasteiger partial charge in [-0.25, -0.2) is 4.48 Å². The van der Waals surface area contributed by atoms with E-state index in [0.29, 0.717) is 0 Å². The first-order chi connectivity index (χ1) is 3.21. The Kier molecular flexibility index (Phi) is 2.19. The van der Waals surface area contributed by atoms with E-state index in [4.69, 9.17) is 0 Å². The second-order valence-electron chi connectivity index (χ2n) is 2.24. The first-order valence-electron chi connectivity index (χ1n) is 2.32. The monoisotopic (exact) mass is 134 g/mol. The Hall–Kier alpha value is -0.340. The zero-order chi connectivity index (χ0) is 5.33. The summed E-state index contributed by atoms with van der Waals surface area (Å²) >= 11 is 0. The lowest BCUT2D eigenvalue weighted by molar-refractivity contribution is -0.743. The molecule has 1 aliphatic heterocycles. The van der Waals surface area contributed by atoms with E-state index in [1.807, 2.05) is 12.5 Å². The molecular formula is C5H11ClN2+2. The van der Waals surface area contributed by atoms with E-state index in [1.165, 1.54) is 0 Å². The van der Waals surface area contributed by atoms with Crippen LogP contribution < -0.4 is 4.99 Å². The van der Waals surface area contributed by atoms with E-state index in [-0.39, 0.29) is 12.4 Å². The third kappa shape index (κ3) is 1.64. The lowest BCUT2D eigenvalue weighted by atomic mass is 10.7. The minimum atomic E-state index is 0. The van der Waals surface area contributed by atoms with E-state index in [9.17, 15) is 0 Å². The normalized spacial score (nSPS) is 20.8. The van der Waals surface area contributed by atoms with Gasteiger partial charge in [0.05, 0.1) is 14.1 Å². The highest BCUT2D eigenvalue weighted by molar-refractivity contribution is 5.85. The fourth-order valence-corrected chi connectivity index (χ4v) is 0.513. The summed E-state index contributed by atoms with van der Waals surface area (Å²) in [4.78, 5) is 2.98. The molecule has 0 aromatic rings. The van der Waals surface area contributed by atoms with Crippen molar-refractivity contribution in [2.24, 2.45) is 0 Å². The second-order valence-corrected chi connectivity index (χ2v) is 2.24. The number of nitrogens with zero attached hydrogens (tertiary/aromatic N) is 1. The van der Waals surface area contributed by atoms with E-state index >= 15 is 0 Å². The zero-order valence-electron chi connectivity index (χ0n) is 5.09. The average molecular weight is 135 g/mol. The molecule has 3 heteroatoms. The van der Waals surface area contributed by atoms with Gasteiger partial charge in [0.15, 0.2) is 6.20 Å². The fourth-order valence-electron chi connectivity index (χ4n) is 0.513. The topological polar surface area (TPSA) is 14.0 Å². The van der Waals surface area contributed by atoms with Crippen molar-refractivity contribution in [1.82, 2.24) is 0 Å². The van der Waals surface area contributed by atoms with E-state index in [2.05, 4.69) is 25.3 Å². The number of hydrogen-bond donors (Lipinski definition) is 1. The summed E-state index contributed by atoms with van der Waals surface area (Å²) in [7, 11) is 4.19. The van der Waals surface area contributed by atoms with Crippen molar-refractivity contribution in [2.45, 2.75) is 0 Å². The molecule has 2 nitrogen and oxygen atoms in total. The second kappa shape index (κ2) is 2.29. The molecule has 1 rings (SSSR count). The summed E-state index contributed by atoms with van der Waals surface area (Å²) in [6, 6.07) is 0. The highest BCUT2D eigenvalue weighted by Crippen LogP contribution is 1.89. The molecule has 0 aliphatic carbocycles. The van der Waals surface area contributed by atoms with Crippen molar-refractivity contribution in [3.63, 3.8) is 0 Å². The standard InChI is InChI=1S/C5H9N2.ClH/c1-7(2)4-3-6-5-7;/h3-5H,1-2H3;1H/q+1;/p+1. The molecule has 46 valence electrons. The molecule has 0 unspecified atom stereocenters. The van der Waals surface area contributed by atoms with Crippen LogP contribution in [0.15, 0.2) is 12.4 Å². The van der Waals surface area contributed by atoms with Crippen molar-refractivity contribution >= 4 is 18.7 Å². The Balaban J connectivity index is 0.000000490. The van der Waals surface area contributed by atoms with Gasteiger partial charge >= 0.3 is 6.34 Å². The van der Waals surface area contributed by atoms with Gasteiger partial charge in [0.2, 0.25) is 6.20 Å². The van der Waals surface area contributed by atoms with Crippen LogP contribution in [0, 0.1) is 0 Å². The van der Waals surface area contributed by atoms with Crippen molar-refractivity contribution in [3.05, 3.63) is 12.4 Å². The molecule has 1 aliphatic rings. The molecule has 1 N–H and O–H groups in total. The van der Waals surface area contributed by atoms with Gasteiger partial charge in [0.1, 0.15) is 0 Å². The van der Waals surface area contributed by atoms with Gasteiger partial charge in [0.25, 0.3) is 0 Å². The first-order valence-corrected chi connectivity index (χ1v) is 2.32. The van der Waals surface area contributed by atoms with Gasteiger partial charge in [-0.15, -0.1) is 12.4 Å². The fraction of sp³-hybridized carbons (Fsp3) is 0.400. The van der Waals surface area contributed by atoms with Crippen molar-refractivity contribution in [3.8, 4) is 0 Å². The van der Waals surface area contributed by atoms with Crippen LogP contribution in [0.3, 0.4) is 0 Å². The number of hydrogen-bond acceptors (Lipinski definition) is 0. The zero-order valence-corrected chi connectivity index (χ0v) is 5.90. The lowest BCUT2D eigenvalue weighted by Crippen LogP contribution is -2.62. The van der Waals surface area contributed by atoms with Crippen LogP contribution in [0.2, 0.25) is 0 Å². The van der Waals surface area contributed by atoms with Crippen LogP contribution in [0.5, 0.6) is 0 Å². The molecule has 0 fully saturated rings. The van der Waals surface area contributed by atoms with Crippen LogP contribution in [0.1, 0.15) is 0 Å². The Morgan fingerprint density at radius 1 is 1.38 bits per heavy atom. The van der Waals surface area contributed by atoms with Crippen molar-refractivity contribution in [1.29, 1.82) is 0 Å². The van der Waals surface area contributed by atoms with Crippen LogP contribution in [0.25, 0.3) is 0 Å². The Morgan fingerprint density at radius 2 is 2.00 bits per heavy atom. The quantitative estimate of drug-likeness (QED) is 0.412. The summed E-state index contributed by atoms with van der Waals surface area (Å²) in [6.07, 6.45) is 6.00. The Morgan fingerprint density at radius 3 is 2.12 bits per heavy atom. The van der Waals surface area contributed by atoms with E-state index in [1.54, 1.807) is 0 Å². The molecular weight excluding hydrogens is 124 g/mol. The van der Waals surface area contributed by atoms with Crippen LogP contribution in [-0.2, 0) is 0 Å². The molecule has 0 amide bonds. The Bertz CT molecular complexity index is 112. The molecule has 0 saturated carbocycles. The maximum absolute atomic E-state index is 2.98. The van der Waals surface area contributed by atoms with Gasteiger partial charge in [-0.2, -0.15) is 4.99 Å². The molecule has 8 heavy (non-hydrogen) atoms. The largest absolute Gasteiger partial charge is 0.334 e. The smallest absolute Gasteiger partial charge is 0.216 e. The third-order valence-corrected chi connectivity index (χ3v) is 0.962. The summed E-state index contributed by atoms with van der Waals surface area (Å²) in [5.74, 6) is 0. The van der Waals surface area contributed by atoms with Crippen molar-refractivity contribution in [2.75, 3.05) is 14.1 Å². The Labute approximate surface area is 55.5 Å². The summed E-state index contributed by atoms with van der Waals surface area (Å²) < 4.78 is 0.833. The first kappa shape index (κ1) is 7.66. The summed E-state index contributed by atoms with van der Waals surface area (Å²) in [6.45, 7) is 0. The van der Waals surface area contributed by atoms with Gasteiger partial charge in [0, 0.05) is 0 Å². The number of quaternary nitrogens is 1. The van der Waals surface area contributed by atoms with Crippen LogP contribution in [0.4, 0.5) is 0 Å². The number of rotatable bonds is 0. The average Bonchev–Trinajstić information content (AvgIpc) is 1.84. The predicted octanol–water partition coefficient (Wildman–Crippen LogP) is -0.922. The minimum Gasteiger partial charge on any atom is -0.216 e. The van der Waals surface area contributed by atoms with E-state index in [0.717, 1.165) is 4.48 Å². The third-order valence-electron chi connectivity index (χ3n) is 0.962. The van der Waals surface area contributed by atoms with Gasteiger partial charge in [-0.1, -0.05) is 0 Å². The predicted molar refractivity (Wildman–Crippen MR) is 35.5 cm³/mol. The molecule has 0 bridgehead atoms. The number of nitrogens with one attached hydrogen (secondary N) is 1. The summed E-state index contributed by atoms with van der Waals surface area (Å²) in [5, 5.41) is 0. The van der Waals surface area contributed by atoms with Crippen LogP contribution >= 0.6 is 12.4 Å². The molecule has 0 spiro atoms. The molecule has 0 atom stereocenters.